The number of para-hydroxylation sites is 6. The van der Waals surface area contributed by atoms with Crippen molar-refractivity contribution in [3.63, 3.8) is 0 Å². The first-order valence-corrected chi connectivity index (χ1v) is 25.6. The Morgan fingerprint density at radius 1 is 0.486 bits per heavy atom. The van der Waals surface area contributed by atoms with E-state index in [9.17, 15) is 0 Å². The fraction of sp³-hybridized carbons (Fsp3) is 0.0152. The van der Waals surface area contributed by atoms with E-state index in [4.69, 9.17) is 9.72 Å². The molecular formula is C66H41B2N5O. The summed E-state index contributed by atoms with van der Waals surface area (Å²) in [6.07, 6.45) is 3.90. The van der Waals surface area contributed by atoms with Gasteiger partial charge in [0.05, 0.1) is 39.6 Å². The van der Waals surface area contributed by atoms with E-state index in [0.29, 0.717) is 0 Å². The second-order valence-corrected chi connectivity index (χ2v) is 20.2. The molecule has 74 heavy (non-hydrogen) atoms. The lowest BCUT2D eigenvalue weighted by molar-refractivity contribution is 0.484. The van der Waals surface area contributed by atoms with Crippen LogP contribution in [-0.4, -0.2) is 27.5 Å². The summed E-state index contributed by atoms with van der Waals surface area (Å²) in [7, 11) is 0. The van der Waals surface area contributed by atoms with Crippen molar-refractivity contribution >= 4 is 124 Å². The van der Waals surface area contributed by atoms with Crippen LogP contribution >= 0.6 is 0 Å². The maximum Gasteiger partial charge on any atom is 0.256 e. The van der Waals surface area contributed by atoms with Gasteiger partial charge in [0.15, 0.2) is 0 Å². The van der Waals surface area contributed by atoms with Crippen LogP contribution in [0.5, 0.6) is 11.5 Å². The van der Waals surface area contributed by atoms with E-state index in [1.54, 1.807) is 0 Å². The molecule has 0 amide bonds. The molecule has 13 aromatic rings. The second-order valence-electron chi connectivity index (χ2n) is 20.2. The summed E-state index contributed by atoms with van der Waals surface area (Å²) < 4.78 is 12.7. The van der Waals surface area contributed by atoms with Gasteiger partial charge in [-0.05, 0) is 124 Å². The van der Waals surface area contributed by atoms with Crippen molar-refractivity contribution in [2.75, 3.05) is 9.80 Å². The van der Waals surface area contributed by atoms with Gasteiger partial charge in [-0.25, -0.2) is 0 Å². The lowest BCUT2D eigenvalue weighted by atomic mass is 9.30. The average molecular weight is 942 g/mol. The molecule has 0 atom stereocenters. The second kappa shape index (κ2) is 14.8. The van der Waals surface area contributed by atoms with Crippen LogP contribution in [0.4, 0.5) is 34.1 Å². The maximum absolute atomic E-state index is 7.66. The average Bonchev–Trinajstić information content (AvgIpc) is 4.01. The molecular weight excluding hydrogens is 900 g/mol. The van der Waals surface area contributed by atoms with Crippen LogP contribution < -0.4 is 47.3 Å². The summed E-state index contributed by atoms with van der Waals surface area (Å²) in [5, 5.41) is 4.94. The fourth-order valence-electron chi connectivity index (χ4n) is 13.8. The van der Waals surface area contributed by atoms with Gasteiger partial charge in [-0.2, -0.15) is 0 Å². The molecule has 0 N–H and O–H groups in total. The molecule has 0 aliphatic carbocycles. The molecule has 6 nitrogen and oxygen atoms in total. The molecule has 3 aromatic heterocycles. The number of pyridine rings is 1. The zero-order valence-corrected chi connectivity index (χ0v) is 40.2. The minimum Gasteiger partial charge on any atom is -0.458 e. The van der Waals surface area contributed by atoms with Crippen molar-refractivity contribution in [2.45, 2.75) is 6.92 Å². The summed E-state index contributed by atoms with van der Waals surface area (Å²) in [6.45, 7) is 2.09. The molecule has 4 aliphatic rings. The van der Waals surface area contributed by atoms with E-state index in [1.165, 1.54) is 98.9 Å². The van der Waals surface area contributed by atoms with Crippen molar-refractivity contribution < 1.29 is 4.74 Å². The topological polar surface area (TPSA) is 38.5 Å². The lowest BCUT2D eigenvalue weighted by Gasteiger charge is -2.43. The molecule has 0 unspecified atom stereocenters. The van der Waals surface area contributed by atoms with Gasteiger partial charge in [0.2, 0.25) is 0 Å². The molecule has 0 bridgehead atoms. The number of fused-ring (bicyclic) bond motifs is 16. The summed E-state index contributed by atoms with van der Waals surface area (Å²) in [6, 6.07) is 80.2. The number of nitrogens with zero attached hydrogens (tertiary/aromatic N) is 5. The Morgan fingerprint density at radius 3 is 1.70 bits per heavy atom. The number of anilines is 6. The summed E-state index contributed by atoms with van der Waals surface area (Å²) >= 11 is 0. The molecule has 8 heteroatoms. The standard InChI is InChI=1S/C66H41B2N5O/c1-40-63-50(37-51-66(40)74-58-36-47(41-20-5-2-6-21-41)59-45-27-11-15-31-52(45)72-55-34-18-14-30-49(55)68(51)62(58)64(59)72)67-48-29-13-17-33-54(48)73-53-32-16-12-28-46(53)60-56(70(42-22-7-3-8-23-42)43-24-9-4-10-25-43)38-57(61(67)65(60)73)71(63)44-26-19-35-69-39-44/h2-39H,1H3. The van der Waals surface area contributed by atoms with Crippen LogP contribution in [0.3, 0.4) is 0 Å². The normalized spacial score (nSPS) is 13.2. The predicted molar refractivity (Wildman–Crippen MR) is 308 cm³/mol. The molecule has 0 saturated heterocycles. The molecule has 342 valence electrons. The molecule has 0 fully saturated rings. The Morgan fingerprint density at radius 2 is 1.05 bits per heavy atom. The first-order valence-electron chi connectivity index (χ1n) is 25.6. The van der Waals surface area contributed by atoms with Gasteiger partial charge in [-0.3, -0.25) is 4.98 Å². The number of hydrogen-bond donors (Lipinski definition) is 0. The molecule has 7 heterocycles. The monoisotopic (exact) mass is 941 g/mol. The van der Waals surface area contributed by atoms with E-state index in [2.05, 4.69) is 244 Å². The molecule has 0 radical (unpaired) electrons. The van der Waals surface area contributed by atoms with Gasteiger partial charge >= 0.3 is 0 Å². The number of hydrogen-bond acceptors (Lipinski definition) is 4. The Hall–Kier alpha value is -9.52. The Balaban J connectivity index is 1.02. The Labute approximate surface area is 427 Å². The fourth-order valence-corrected chi connectivity index (χ4v) is 13.8. The van der Waals surface area contributed by atoms with E-state index >= 15 is 0 Å². The van der Waals surface area contributed by atoms with Crippen molar-refractivity contribution in [1.29, 1.82) is 0 Å². The van der Waals surface area contributed by atoms with Gasteiger partial charge in [-0.15, -0.1) is 0 Å². The molecule has 4 aliphatic heterocycles. The highest BCUT2D eigenvalue weighted by molar-refractivity contribution is 7.02. The zero-order valence-electron chi connectivity index (χ0n) is 40.2. The third kappa shape index (κ3) is 5.13. The van der Waals surface area contributed by atoms with Crippen molar-refractivity contribution in [2.24, 2.45) is 0 Å². The number of aromatic nitrogens is 3. The van der Waals surface area contributed by atoms with Crippen LogP contribution in [0.2, 0.25) is 0 Å². The minimum atomic E-state index is -0.115. The number of benzene rings is 10. The lowest BCUT2D eigenvalue weighted by Crippen LogP contribution is -2.64. The predicted octanol–water partition coefficient (Wildman–Crippen LogP) is 12.3. The molecule has 17 rings (SSSR count). The number of ether oxygens (including phenoxy) is 1. The van der Waals surface area contributed by atoms with E-state index in [-0.39, 0.29) is 13.4 Å². The van der Waals surface area contributed by atoms with Crippen LogP contribution in [0.15, 0.2) is 231 Å². The quantitative estimate of drug-likeness (QED) is 0.161. The van der Waals surface area contributed by atoms with Crippen LogP contribution in [-0.2, 0) is 0 Å². The third-order valence-electron chi connectivity index (χ3n) is 16.5. The highest BCUT2D eigenvalue weighted by atomic mass is 16.5. The molecule has 0 spiro atoms. The first kappa shape index (κ1) is 40.1. The smallest absolute Gasteiger partial charge is 0.256 e. The highest BCUT2D eigenvalue weighted by Gasteiger charge is 2.48. The van der Waals surface area contributed by atoms with Gasteiger partial charge < -0.3 is 23.7 Å². The van der Waals surface area contributed by atoms with Gasteiger partial charge in [0, 0.05) is 67.4 Å². The zero-order chi connectivity index (χ0) is 48.3. The van der Waals surface area contributed by atoms with Gasteiger partial charge in [0.25, 0.3) is 13.4 Å². The van der Waals surface area contributed by atoms with Crippen molar-refractivity contribution in [3.8, 4) is 34.0 Å². The van der Waals surface area contributed by atoms with E-state index < -0.39 is 0 Å². The molecule has 10 aromatic carbocycles. The van der Waals surface area contributed by atoms with E-state index in [1.807, 2.05) is 12.4 Å². The summed E-state index contributed by atoms with van der Waals surface area (Å²) in [5.41, 5.74) is 24.7. The minimum absolute atomic E-state index is 0.0932. The number of rotatable bonds is 5. The van der Waals surface area contributed by atoms with Crippen molar-refractivity contribution in [3.05, 3.63) is 236 Å². The highest BCUT2D eigenvalue weighted by Crippen LogP contribution is 2.52. The van der Waals surface area contributed by atoms with Gasteiger partial charge in [0.1, 0.15) is 11.5 Å². The SMILES string of the molecule is Cc1c2c(cc3c1N(c1cccnc1)c1cc(N(c4ccccc4)c4ccccc4)c4c5ccccc5n5c4c1B3c1ccccc1-5)B1c3ccccc3-n3c4ccccc4c4c(-c5ccccc5)cc(c1c43)O2. The van der Waals surface area contributed by atoms with Crippen molar-refractivity contribution in [1.82, 2.24) is 14.1 Å². The van der Waals surface area contributed by atoms with Crippen LogP contribution in [0.1, 0.15) is 5.56 Å². The largest absolute Gasteiger partial charge is 0.458 e. The first-order chi connectivity index (χ1) is 36.7. The van der Waals surface area contributed by atoms with Gasteiger partial charge in [-0.1, -0.05) is 146 Å². The Kier molecular flexibility index (Phi) is 8.01. The maximum atomic E-state index is 7.66. The Bertz CT molecular complexity index is 4510. The molecule has 0 saturated carbocycles. The third-order valence-corrected chi connectivity index (χ3v) is 16.5. The summed E-state index contributed by atoms with van der Waals surface area (Å²) in [4.78, 5) is 9.79. The van der Waals surface area contributed by atoms with E-state index in [0.717, 1.165) is 51.2 Å². The van der Waals surface area contributed by atoms with Crippen LogP contribution in [0, 0.1) is 6.92 Å². The van der Waals surface area contributed by atoms with Crippen LogP contribution in [0.25, 0.3) is 66.1 Å². The summed E-state index contributed by atoms with van der Waals surface area (Å²) in [5.74, 6) is 1.81.